The first-order chi connectivity index (χ1) is 8.64. The van der Waals surface area contributed by atoms with E-state index in [0.29, 0.717) is 0 Å². The molecule has 8 heteroatoms. The first-order valence-electron chi connectivity index (χ1n) is 5.10. The Morgan fingerprint density at radius 1 is 1.32 bits per heavy atom. The summed E-state index contributed by atoms with van der Waals surface area (Å²) >= 11 is 0. The molecule has 0 unspecified atom stereocenters. The summed E-state index contributed by atoms with van der Waals surface area (Å²) < 4.78 is 63.9. The highest BCUT2D eigenvalue weighted by Crippen LogP contribution is 2.25. The summed E-state index contributed by atoms with van der Waals surface area (Å²) in [6.45, 7) is 1.72. The molecule has 0 radical (unpaired) electrons. The average molecular weight is 293 g/mol. The second kappa shape index (κ2) is 5.59. The fourth-order valence-corrected chi connectivity index (χ4v) is 2.22. The number of halogens is 3. The molecule has 1 rings (SSSR count). The number of rotatable bonds is 4. The van der Waals surface area contributed by atoms with Crippen LogP contribution in [0.1, 0.15) is 12.0 Å². The smallest absolute Gasteiger partial charge is 0.247 e. The summed E-state index contributed by atoms with van der Waals surface area (Å²) in [5.74, 6) is 0. The van der Waals surface area contributed by atoms with E-state index in [1.807, 2.05) is 0 Å². The summed E-state index contributed by atoms with van der Waals surface area (Å²) in [5, 5.41) is 8.50. The lowest BCUT2D eigenvalue weighted by atomic mass is 10.2. The molecule has 0 heterocycles. The first-order valence-corrected chi connectivity index (χ1v) is 6.51. The van der Waals surface area contributed by atoms with Crippen LogP contribution in [0.5, 0.6) is 0 Å². The van der Waals surface area contributed by atoms with Crippen molar-refractivity contribution < 1.29 is 25.8 Å². The minimum Gasteiger partial charge on any atom is -0.247 e. The lowest BCUT2D eigenvalue weighted by Crippen LogP contribution is -2.24. The predicted molar refractivity (Wildman–Crippen MR) is 59.5 cm³/mol. The number of hydrogen-bond acceptors (Lipinski definition) is 4. The van der Waals surface area contributed by atoms with Gasteiger partial charge in [0.2, 0.25) is 0 Å². The molecule has 4 nitrogen and oxygen atoms in total. The zero-order valence-corrected chi connectivity index (χ0v) is 10.6. The third-order valence-corrected chi connectivity index (χ3v) is 3.45. The standard InChI is InChI=1S/C11H10F3NO3S/c1-8-2-4-10(5-3-8)19(16,17)18-9(7-15)6-11(12,13)14/h2-5,9H,6H2,1H3/t9-/m1/s1. The Morgan fingerprint density at radius 3 is 2.26 bits per heavy atom. The van der Waals surface area contributed by atoms with E-state index in [9.17, 15) is 21.6 Å². The largest absolute Gasteiger partial charge is 0.392 e. The van der Waals surface area contributed by atoms with Gasteiger partial charge < -0.3 is 0 Å². The van der Waals surface area contributed by atoms with Crippen LogP contribution in [-0.4, -0.2) is 20.7 Å². The van der Waals surface area contributed by atoms with Crippen LogP contribution >= 0.6 is 0 Å². The molecule has 1 aromatic rings. The van der Waals surface area contributed by atoms with Crippen LogP contribution in [-0.2, 0) is 14.3 Å². The second-order valence-corrected chi connectivity index (χ2v) is 5.37. The Bertz CT molecular complexity index is 573. The summed E-state index contributed by atoms with van der Waals surface area (Å²) in [4.78, 5) is -0.291. The maximum atomic E-state index is 12.1. The fraction of sp³-hybridized carbons (Fsp3) is 0.364. The molecule has 0 saturated heterocycles. The van der Waals surface area contributed by atoms with E-state index in [1.54, 1.807) is 6.92 Å². The number of alkyl halides is 3. The first kappa shape index (κ1) is 15.5. The van der Waals surface area contributed by atoms with Gasteiger partial charge >= 0.3 is 6.18 Å². The molecule has 1 aromatic carbocycles. The van der Waals surface area contributed by atoms with Gasteiger partial charge in [-0.25, -0.2) is 4.18 Å². The summed E-state index contributed by atoms with van der Waals surface area (Å²) in [6.07, 6.45) is -8.41. The lowest BCUT2D eigenvalue weighted by molar-refractivity contribution is -0.145. The van der Waals surface area contributed by atoms with Crippen LogP contribution in [0.4, 0.5) is 13.2 Å². The third kappa shape index (κ3) is 4.89. The summed E-state index contributed by atoms with van der Waals surface area (Å²) in [7, 11) is -4.38. The molecule has 0 saturated carbocycles. The minimum atomic E-state index is -4.68. The maximum absolute atomic E-state index is 12.1. The Morgan fingerprint density at radius 2 is 1.84 bits per heavy atom. The van der Waals surface area contributed by atoms with E-state index in [0.717, 1.165) is 5.56 Å². The van der Waals surface area contributed by atoms with Crippen LogP contribution < -0.4 is 0 Å². The van der Waals surface area contributed by atoms with Crippen molar-refractivity contribution in [1.29, 1.82) is 5.26 Å². The number of hydrogen-bond donors (Lipinski definition) is 0. The quantitative estimate of drug-likeness (QED) is 0.800. The second-order valence-electron chi connectivity index (χ2n) is 3.80. The van der Waals surface area contributed by atoms with Crippen molar-refractivity contribution in [2.24, 2.45) is 0 Å². The average Bonchev–Trinajstić information content (AvgIpc) is 2.26. The monoisotopic (exact) mass is 293 g/mol. The van der Waals surface area contributed by atoms with Crippen LogP contribution in [0.3, 0.4) is 0 Å². The van der Waals surface area contributed by atoms with Gasteiger partial charge in [-0.1, -0.05) is 17.7 Å². The van der Waals surface area contributed by atoms with Gasteiger partial charge in [0.25, 0.3) is 10.1 Å². The van der Waals surface area contributed by atoms with Crippen molar-refractivity contribution in [2.45, 2.75) is 30.5 Å². The highest BCUT2D eigenvalue weighted by molar-refractivity contribution is 7.86. The van der Waals surface area contributed by atoms with Crippen LogP contribution in [0, 0.1) is 18.3 Å². The van der Waals surface area contributed by atoms with Crippen molar-refractivity contribution in [3.05, 3.63) is 29.8 Å². The van der Waals surface area contributed by atoms with E-state index < -0.39 is 28.8 Å². The Labute approximate surface area is 108 Å². The summed E-state index contributed by atoms with van der Waals surface area (Å²) in [5.41, 5.74) is 0.783. The van der Waals surface area contributed by atoms with Gasteiger partial charge in [-0.15, -0.1) is 0 Å². The minimum absolute atomic E-state index is 0.291. The van der Waals surface area contributed by atoms with Gasteiger partial charge in [-0.2, -0.15) is 26.9 Å². The Balaban J connectivity index is 2.90. The van der Waals surface area contributed by atoms with Crippen LogP contribution in [0.2, 0.25) is 0 Å². The fourth-order valence-electron chi connectivity index (χ4n) is 1.22. The van der Waals surface area contributed by atoms with E-state index in [4.69, 9.17) is 5.26 Å². The summed E-state index contributed by atoms with van der Waals surface area (Å²) in [6, 6.07) is 6.52. The molecule has 0 fully saturated rings. The third-order valence-electron chi connectivity index (χ3n) is 2.11. The van der Waals surface area contributed by atoms with Gasteiger partial charge in [0.05, 0.1) is 17.4 Å². The molecule has 0 spiro atoms. The molecule has 19 heavy (non-hydrogen) atoms. The normalized spacial score (nSPS) is 13.8. The molecule has 0 aromatic heterocycles. The molecule has 0 amide bonds. The van der Waals surface area contributed by atoms with Crippen LogP contribution in [0.15, 0.2) is 29.2 Å². The van der Waals surface area contributed by atoms with Gasteiger partial charge in [0.1, 0.15) is 0 Å². The zero-order valence-electron chi connectivity index (χ0n) is 9.81. The predicted octanol–water partition coefficient (Wildman–Crippen LogP) is 2.54. The van der Waals surface area contributed by atoms with Crippen molar-refractivity contribution in [1.82, 2.24) is 0 Å². The molecule has 0 aliphatic carbocycles. The molecular weight excluding hydrogens is 283 g/mol. The van der Waals surface area contributed by atoms with E-state index >= 15 is 0 Å². The Kier molecular flexibility index (Phi) is 4.55. The maximum Gasteiger partial charge on any atom is 0.392 e. The number of nitriles is 1. The van der Waals surface area contributed by atoms with E-state index in [-0.39, 0.29) is 4.90 Å². The molecule has 0 N–H and O–H groups in total. The van der Waals surface area contributed by atoms with E-state index in [2.05, 4.69) is 4.18 Å². The SMILES string of the molecule is Cc1ccc(S(=O)(=O)O[C@@H](C#N)CC(F)(F)F)cc1. The number of benzene rings is 1. The lowest BCUT2D eigenvalue weighted by Gasteiger charge is -2.13. The van der Waals surface area contributed by atoms with Crippen molar-refractivity contribution in [3.8, 4) is 6.07 Å². The van der Waals surface area contributed by atoms with Crippen LogP contribution in [0.25, 0.3) is 0 Å². The van der Waals surface area contributed by atoms with Crippen molar-refractivity contribution >= 4 is 10.1 Å². The molecular formula is C11H10F3NO3S. The molecule has 104 valence electrons. The number of aryl methyl sites for hydroxylation is 1. The highest BCUT2D eigenvalue weighted by atomic mass is 32.2. The zero-order chi connectivity index (χ0) is 14.7. The van der Waals surface area contributed by atoms with Gasteiger partial charge in [0.15, 0.2) is 6.10 Å². The van der Waals surface area contributed by atoms with Crippen molar-refractivity contribution in [2.75, 3.05) is 0 Å². The topological polar surface area (TPSA) is 67.2 Å². The van der Waals surface area contributed by atoms with Crippen molar-refractivity contribution in [3.63, 3.8) is 0 Å². The van der Waals surface area contributed by atoms with Gasteiger partial charge in [0, 0.05) is 0 Å². The van der Waals surface area contributed by atoms with Gasteiger partial charge in [-0.3, -0.25) is 0 Å². The molecule has 1 atom stereocenters. The molecule has 0 aliphatic heterocycles. The molecule has 0 aliphatic rings. The Hall–Kier alpha value is -1.59. The van der Waals surface area contributed by atoms with Gasteiger partial charge in [-0.05, 0) is 19.1 Å². The molecule has 0 bridgehead atoms. The highest BCUT2D eigenvalue weighted by Gasteiger charge is 2.35. The number of nitrogens with zero attached hydrogens (tertiary/aromatic N) is 1. The van der Waals surface area contributed by atoms with E-state index in [1.165, 1.54) is 30.3 Å².